The molecule has 0 radical (unpaired) electrons. The van der Waals surface area contributed by atoms with Crippen LogP contribution in [0.5, 0.6) is 5.75 Å². The summed E-state index contributed by atoms with van der Waals surface area (Å²) in [7, 11) is 0. The van der Waals surface area contributed by atoms with Crippen LogP contribution in [-0.2, 0) is 16.0 Å². The van der Waals surface area contributed by atoms with E-state index in [1.54, 1.807) is 0 Å². The average molecular weight is 475 g/mol. The SMILES string of the molecule is CCCNC(=O)[C@@]1(Cc2ccccc2Br)COC(c2ccc(OCCCO)cc2)=N1. The van der Waals surface area contributed by atoms with Crippen LogP contribution in [0.1, 0.15) is 30.9 Å². The van der Waals surface area contributed by atoms with Gasteiger partial charge in [-0.25, -0.2) is 4.99 Å². The van der Waals surface area contributed by atoms with E-state index in [2.05, 4.69) is 21.2 Å². The quantitative estimate of drug-likeness (QED) is 0.516. The molecular formula is C23H27BrN2O4. The summed E-state index contributed by atoms with van der Waals surface area (Å²) < 4.78 is 12.4. The summed E-state index contributed by atoms with van der Waals surface area (Å²) in [6, 6.07) is 15.3. The standard InChI is InChI=1S/C23H27BrN2O4/c1-2-12-25-22(28)23(15-18-6-3-4-7-20(18)24)16-30-21(26-23)17-8-10-19(11-9-17)29-14-5-13-27/h3-4,6-11,27H,2,5,12-16H2,1H3,(H,25,28)/t23-/m1/s1. The molecule has 6 nitrogen and oxygen atoms in total. The van der Waals surface area contributed by atoms with Crippen LogP contribution >= 0.6 is 15.9 Å². The van der Waals surface area contributed by atoms with Crippen LogP contribution in [0, 0.1) is 0 Å². The number of hydrogen-bond donors (Lipinski definition) is 2. The summed E-state index contributed by atoms with van der Waals surface area (Å²) in [6.45, 7) is 3.36. The van der Waals surface area contributed by atoms with Crippen molar-refractivity contribution in [3.8, 4) is 5.75 Å². The fourth-order valence-corrected chi connectivity index (χ4v) is 3.61. The smallest absolute Gasteiger partial charge is 0.251 e. The third-order valence-corrected chi connectivity index (χ3v) is 5.61. The Balaban J connectivity index is 1.83. The minimum atomic E-state index is -1.01. The van der Waals surface area contributed by atoms with Crippen molar-refractivity contribution in [1.29, 1.82) is 0 Å². The molecule has 1 atom stereocenters. The van der Waals surface area contributed by atoms with E-state index < -0.39 is 5.54 Å². The van der Waals surface area contributed by atoms with Gasteiger partial charge in [0.2, 0.25) is 5.90 Å². The van der Waals surface area contributed by atoms with Crippen molar-refractivity contribution in [2.75, 3.05) is 26.4 Å². The second-order valence-corrected chi connectivity index (χ2v) is 8.07. The molecule has 2 N–H and O–H groups in total. The molecule has 1 amide bonds. The van der Waals surface area contributed by atoms with Gasteiger partial charge in [0, 0.05) is 36.0 Å². The number of aliphatic hydroxyl groups is 1. The van der Waals surface area contributed by atoms with Gasteiger partial charge >= 0.3 is 0 Å². The Bertz CT molecular complexity index is 885. The van der Waals surface area contributed by atoms with Crippen LogP contribution in [0.15, 0.2) is 58.0 Å². The van der Waals surface area contributed by atoms with Gasteiger partial charge in [0.05, 0.1) is 6.61 Å². The monoisotopic (exact) mass is 474 g/mol. The molecule has 1 aliphatic rings. The largest absolute Gasteiger partial charge is 0.494 e. The van der Waals surface area contributed by atoms with E-state index in [-0.39, 0.29) is 19.1 Å². The van der Waals surface area contributed by atoms with Crippen molar-refractivity contribution in [2.24, 2.45) is 4.99 Å². The molecule has 1 heterocycles. The van der Waals surface area contributed by atoms with Crippen LogP contribution in [0.4, 0.5) is 0 Å². The van der Waals surface area contributed by atoms with Gasteiger partial charge in [-0.1, -0.05) is 41.1 Å². The Kier molecular flexibility index (Phi) is 7.87. The molecule has 0 unspecified atom stereocenters. The van der Waals surface area contributed by atoms with Gasteiger partial charge in [0.1, 0.15) is 12.4 Å². The molecule has 0 aromatic heterocycles. The Morgan fingerprint density at radius 1 is 1.27 bits per heavy atom. The van der Waals surface area contributed by atoms with Crippen LogP contribution in [0.3, 0.4) is 0 Å². The minimum Gasteiger partial charge on any atom is -0.494 e. The predicted molar refractivity (Wildman–Crippen MR) is 120 cm³/mol. The maximum atomic E-state index is 13.1. The summed E-state index contributed by atoms with van der Waals surface area (Å²) in [5.74, 6) is 1.04. The zero-order chi connectivity index (χ0) is 21.4. The summed E-state index contributed by atoms with van der Waals surface area (Å²) in [4.78, 5) is 17.8. The fraction of sp³-hybridized carbons (Fsp3) is 0.391. The van der Waals surface area contributed by atoms with E-state index in [1.807, 2.05) is 55.5 Å². The third kappa shape index (κ3) is 5.40. The van der Waals surface area contributed by atoms with E-state index in [0.717, 1.165) is 22.0 Å². The molecule has 2 aromatic rings. The number of halogens is 1. The number of carbonyl (C=O) groups is 1. The van der Waals surface area contributed by atoms with Gasteiger partial charge in [-0.05, 0) is 42.3 Å². The van der Waals surface area contributed by atoms with E-state index in [9.17, 15) is 4.79 Å². The highest BCUT2D eigenvalue weighted by Crippen LogP contribution is 2.30. The third-order valence-electron chi connectivity index (χ3n) is 4.83. The molecule has 0 aliphatic carbocycles. The van der Waals surface area contributed by atoms with Gasteiger partial charge in [0.15, 0.2) is 5.54 Å². The van der Waals surface area contributed by atoms with Crippen molar-refractivity contribution in [3.63, 3.8) is 0 Å². The lowest BCUT2D eigenvalue weighted by Crippen LogP contribution is -2.48. The lowest BCUT2D eigenvalue weighted by atomic mass is 9.91. The average Bonchev–Trinajstić information content (AvgIpc) is 3.20. The first-order valence-corrected chi connectivity index (χ1v) is 11.0. The maximum Gasteiger partial charge on any atom is 0.251 e. The fourth-order valence-electron chi connectivity index (χ4n) is 3.19. The van der Waals surface area contributed by atoms with Gasteiger partial charge in [-0.2, -0.15) is 0 Å². The molecule has 0 bridgehead atoms. The molecule has 1 aliphatic heterocycles. The van der Waals surface area contributed by atoms with E-state index in [4.69, 9.17) is 19.6 Å². The molecular weight excluding hydrogens is 448 g/mol. The Morgan fingerprint density at radius 3 is 2.73 bits per heavy atom. The van der Waals surface area contributed by atoms with Crippen LogP contribution in [-0.4, -0.2) is 48.8 Å². The predicted octanol–water partition coefficient (Wildman–Crippen LogP) is 3.49. The second kappa shape index (κ2) is 10.6. The first-order chi connectivity index (χ1) is 14.6. The first kappa shape index (κ1) is 22.3. The van der Waals surface area contributed by atoms with Crippen molar-refractivity contribution < 1.29 is 19.4 Å². The van der Waals surface area contributed by atoms with Gasteiger partial charge in [-0.15, -0.1) is 0 Å². The molecule has 0 saturated heterocycles. The van der Waals surface area contributed by atoms with Gasteiger partial charge < -0.3 is 19.9 Å². The van der Waals surface area contributed by atoms with Crippen molar-refractivity contribution in [2.45, 2.75) is 31.7 Å². The number of rotatable bonds is 10. The molecule has 0 saturated carbocycles. The van der Waals surface area contributed by atoms with Crippen molar-refractivity contribution >= 4 is 27.7 Å². The highest BCUT2D eigenvalue weighted by atomic mass is 79.9. The molecule has 3 rings (SSSR count). The lowest BCUT2D eigenvalue weighted by Gasteiger charge is -2.23. The second-order valence-electron chi connectivity index (χ2n) is 7.21. The van der Waals surface area contributed by atoms with Crippen molar-refractivity contribution in [1.82, 2.24) is 5.32 Å². The van der Waals surface area contributed by atoms with Crippen LogP contribution in [0.25, 0.3) is 0 Å². The number of nitrogens with zero attached hydrogens (tertiary/aromatic N) is 1. The zero-order valence-electron chi connectivity index (χ0n) is 17.1. The zero-order valence-corrected chi connectivity index (χ0v) is 18.7. The lowest BCUT2D eigenvalue weighted by molar-refractivity contribution is -0.126. The number of aliphatic hydroxyl groups excluding tert-OH is 1. The summed E-state index contributed by atoms with van der Waals surface area (Å²) in [5.41, 5.74) is 0.789. The maximum absolute atomic E-state index is 13.1. The Hall–Kier alpha value is -2.38. The topological polar surface area (TPSA) is 80.2 Å². The van der Waals surface area contributed by atoms with Crippen LogP contribution < -0.4 is 10.1 Å². The Labute approximate surface area is 185 Å². The molecule has 160 valence electrons. The first-order valence-electron chi connectivity index (χ1n) is 10.2. The highest BCUT2D eigenvalue weighted by Gasteiger charge is 2.44. The number of nitrogens with one attached hydrogen (secondary N) is 1. The van der Waals surface area contributed by atoms with E-state index in [0.29, 0.717) is 37.6 Å². The number of aliphatic imine (C=N–C) groups is 1. The minimum absolute atomic E-state index is 0.0996. The van der Waals surface area contributed by atoms with Gasteiger partial charge in [0.25, 0.3) is 5.91 Å². The normalized spacial score (nSPS) is 17.9. The van der Waals surface area contributed by atoms with E-state index in [1.165, 1.54) is 0 Å². The number of carbonyl (C=O) groups excluding carboxylic acids is 1. The molecule has 30 heavy (non-hydrogen) atoms. The number of ether oxygens (including phenoxy) is 2. The summed E-state index contributed by atoms with van der Waals surface area (Å²) >= 11 is 3.57. The van der Waals surface area contributed by atoms with Crippen molar-refractivity contribution in [3.05, 3.63) is 64.1 Å². The number of hydrogen-bond acceptors (Lipinski definition) is 5. The summed E-state index contributed by atoms with van der Waals surface area (Å²) in [5, 5.41) is 11.8. The molecule has 0 spiro atoms. The van der Waals surface area contributed by atoms with Crippen LogP contribution in [0.2, 0.25) is 0 Å². The van der Waals surface area contributed by atoms with E-state index >= 15 is 0 Å². The molecule has 7 heteroatoms. The highest BCUT2D eigenvalue weighted by molar-refractivity contribution is 9.10. The Morgan fingerprint density at radius 2 is 2.03 bits per heavy atom. The van der Waals surface area contributed by atoms with Gasteiger partial charge in [-0.3, -0.25) is 4.79 Å². The number of amides is 1. The molecule has 0 fully saturated rings. The molecule has 2 aromatic carbocycles. The summed E-state index contributed by atoms with van der Waals surface area (Å²) in [6.07, 6.45) is 1.88. The number of benzene rings is 2.